The molecule has 0 aromatic carbocycles. The third-order valence-corrected chi connectivity index (χ3v) is 2.08. The summed E-state index contributed by atoms with van der Waals surface area (Å²) in [4.78, 5) is 0. The highest BCUT2D eigenvalue weighted by atomic mass is 14.1. The van der Waals surface area contributed by atoms with Crippen LogP contribution in [0.5, 0.6) is 0 Å². The fraction of sp³-hybridized carbons (Fsp3) is 0.333. The monoisotopic (exact) mass is 202 g/mol. The number of hydrogen-bond donors (Lipinski definition) is 0. The van der Waals surface area contributed by atoms with Crippen LogP contribution in [0.4, 0.5) is 0 Å². The smallest absolute Gasteiger partial charge is 0.0162 e. The molecule has 0 saturated heterocycles. The highest BCUT2D eigenvalue weighted by Crippen LogP contribution is 2.22. The maximum atomic E-state index is 4.02. The third kappa shape index (κ3) is 4.64. The van der Waals surface area contributed by atoms with E-state index in [1.807, 2.05) is 26.8 Å². The van der Waals surface area contributed by atoms with Crippen LogP contribution in [0.3, 0.4) is 0 Å². The second kappa shape index (κ2) is 7.05. The van der Waals surface area contributed by atoms with Crippen molar-refractivity contribution in [1.29, 1.82) is 0 Å². The Kier molecular flexibility index (Phi) is 6.44. The summed E-state index contributed by atoms with van der Waals surface area (Å²) < 4.78 is 0. The lowest BCUT2D eigenvalue weighted by Gasteiger charge is -2.10. The van der Waals surface area contributed by atoms with Crippen LogP contribution in [0.1, 0.15) is 34.6 Å². The van der Waals surface area contributed by atoms with Crippen molar-refractivity contribution < 1.29 is 0 Å². The molecule has 0 aromatic heterocycles. The molecule has 0 unspecified atom stereocenters. The number of allylic oxidation sites excluding steroid dienone is 9. The fourth-order valence-electron chi connectivity index (χ4n) is 1.35. The Balaban J connectivity index is 5.42. The van der Waals surface area contributed by atoms with Gasteiger partial charge in [0, 0.05) is 0 Å². The van der Waals surface area contributed by atoms with Crippen molar-refractivity contribution in [2.45, 2.75) is 34.6 Å². The topological polar surface area (TPSA) is 0 Å². The standard InChI is InChI=1S/C15H22/c1-7-9-11-15(13(5)6)14(10-8-2)12(3)4/h7-11H,5H2,1-4,6H3. The molecule has 0 aliphatic heterocycles. The van der Waals surface area contributed by atoms with Gasteiger partial charge in [-0.15, -0.1) is 0 Å². The maximum Gasteiger partial charge on any atom is -0.0162 e. The summed E-state index contributed by atoms with van der Waals surface area (Å²) in [5.74, 6) is 0. The lowest BCUT2D eigenvalue weighted by Crippen LogP contribution is -1.90. The third-order valence-electron chi connectivity index (χ3n) is 2.08. The zero-order valence-corrected chi connectivity index (χ0v) is 10.6. The van der Waals surface area contributed by atoms with Gasteiger partial charge in [-0.2, -0.15) is 0 Å². The molecule has 0 aliphatic rings. The van der Waals surface area contributed by atoms with Crippen LogP contribution in [-0.4, -0.2) is 0 Å². The molecule has 0 heteroatoms. The molecule has 0 radical (unpaired) electrons. The van der Waals surface area contributed by atoms with Crippen molar-refractivity contribution >= 4 is 0 Å². The Morgan fingerprint density at radius 2 is 1.60 bits per heavy atom. The molecular weight excluding hydrogens is 180 g/mol. The fourth-order valence-corrected chi connectivity index (χ4v) is 1.35. The first-order valence-corrected chi connectivity index (χ1v) is 5.34. The van der Waals surface area contributed by atoms with E-state index in [4.69, 9.17) is 0 Å². The predicted molar refractivity (Wildman–Crippen MR) is 70.9 cm³/mol. The van der Waals surface area contributed by atoms with Gasteiger partial charge >= 0.3 is 0 Å². The molecule has 0 fully saturated rings. The highest BCUT2D eigenvalue weighted by molar-refractivity contribution is 5.53. The summed E-state index contributed by atoms with van der Waals surface area (Å²) in [5.41, 5.74) is 4.89. The van der Waals surface area contributed by atoms with Crippen molar-refractivity contribution in [3.8, 4) is 0 Å². The van der Waals surface area contributed by atoms with E-state index in [0.29, 0.717) is 0 Å². The summed E-state index contributed by atoms with van der Waals surface area (Å²) in [5, 5.41) is 0. The zero-order chi connectivity index (χ0) is 11.8. The van der Waals surface area contributed by atoms with E-state index in [-0.39, 0.29) is 0 Å². The molecule has 0 bridgehead atoms. The van der Waals surface area contributed by atoms with Gasteiger partial charge in [-0.1, -0.05) is 48.1 Å². The Morgan fingerprint density at radius 1 is 1.00 bits per heavy atom. The van der Waals surface area contributed by atoms with Gasteiger partial charge in [-0.05, 0) is 45.8 Å². The van der Waals surface area contributed by atoms with E-state index in [0.717, 1.165) is 5.57 Å². The second-order valence-electron chi connectivity index (χ2n) is 3.80. The molecule has 0 aromatic rings. The minimum Gasteiger partial charge on any atom is -0.0955 e. The molecule has 82 valence electrons. The quantitative estimate of drug-likeness (QED) is 0.564. The minimum absolute atomic E-state index is 1.10. The Bertz CT molecular complexity index is 329. The molecule has 0 aliphatic carbocycles. The van der Waals surface area contributed by atoms with Crippen molar-refractivity contribution in [2.75, 3.05) is 0 Å². The zero-order valence-electron chi connectivity index (χ0n) is 10.6. The van der Waals surface area contributed by atoms with Gasteiger partial charge in [0.2, 0.25) is 0 Å². The van der Waals surface area contributed by atoms with E-state index in [2.05, 4.69) is 44.7 Å². The SMILES string of the molecule is C=C(C)C(=CC=CC)C(C=CC)=C(C)C. The largest absolute Gasteiger partial charge is 0.0955 e. The molecule has 0 saturated carbocycles. The predicted octanol–water partition coefficient (Wildman–Crippen LogP) is 4.98. The van der Waals surface area contributed by atoms with Gasteiger partial charge in [0.05, 0.1) is 0 Å². The van der Waals surface area contributed by atoms with Gasteiger partial charge in [0.1, 0.15) is 0 Å². The van der Waals surface area contributed by atoms with E-state index < -0.39 is 0 Å². The number of hydrogen-bond acceptors (Lipinski definition) is 0. The molecule has 0 N–H and O–H groups in total. The van der Waals surface area contributed by atoms with Crippen LogP contribution in [0.15, 0.2) is 59.3 Å². The van der Waals surface area contributed by atoms with Gasteiger partial charge in [0.25, 0.3) is 0 Å². The first-order valence-electron chi connectivity index (χ1n) is 5.34. The normalized spacial score (nSPS) is 12.5. The van der Waals surface area contributed by atoms with Gasteiger partial charge in [-0.25, -0.2) is 0 Å². The van der Waals surface area contributed by atoms with Crippen molar-refractivity contribution in [3.05, 3.63) is 59.3 Å². The molecule has 0 heterocycles. The Hall–Kier alpha value is -1.30. The second-order valence-corrected chi connectivity index (χ2v) is 3.80. The van der Waals surface area contributed by atoms with Crippen molar-refractivity contribution in [2.24, 2.45) is 0 Å². The van der Waals surface area contributed by atoms with Gasteiger partial charge in [0.15, 0.2) is 0 Å². The molecule has 0 spiro atoms. The minimum atomic E-state index is 1.10. The summed E-state index contributed by atoms with van der Waals surface area (Å²) in [7, 11) is 0. The van der Waals surface area contributed by atoms with E-state index in [1.165, 1.54) is 16.7 Å². The first-order chi connectivity index (χ1) is 7.04. The van der Waals surface area contributed by atoms with Gasteiger partial charge < -0.3 is 0 Å². The Morgan fingerprint density at radius 3 is 1.93 bits per heavy atom. The molecule has 0 atom stereocenters. The number of rotatable bonds is 4. The van der Waals surface area contributed by atoms with Crippen LogP contribution < -0.4 is 0 Å². The average Bonchev–Trinajstić information content (AvgIpc) is 2.16. The van der Waals surface area contributed by atoms with E-state index >= 15 is 0 Å². The van der Waals surface area contributed by atoms with Crippen LogP contribution >= 0.6 is 0 Å². The average molecular weight is 202 g/mol. The molecule has 0 nitrogen and oxygen atoms in total. The summed E-state index contributed by atoms with van der Waals surface area (Å²) in [6, 6.07) is 0. The molecule has 0 rings (SSSR count). The molecule has 0 amide bonds. The maximum absolute atomic E-state index is 4.02. The highest BCUT2D eigenvalue weighted by Gasteiger charge is 2.03. The summed E-state index contributed by atoms with van der Waals surface area (Å²) >= 11 is 0. The summed E-state index contributed by atoms with van der Waals surface area (Å²) in [6.07, 6.45) is 10.4. The van der Waals surface area contributed by atoms with Crippen LogP contribution in [0.25, 0.3) is 0 Å². The van der Waals surface area contributed by atoms with Crippen molar-refractivity contribution in [1.82, 2.24) is 0 Å². The van der Waals surface area contributed by atoms with Gasteiger partial charge in [-0.3, -0.25) is 0 Å². The molecule has 15 heavy (non-hydrogen) atoms. The lowest BCUT2D eigenvalue weighted by atomic mass is 9.95. The van der Waals surface area contributed by atoms with Crippen molar-refractivity contribution in [3.63, 3.8) is 0 Å². The van der Waals surface area contributed by atoms with E-state index in [1.54, 1.807) is 0 Å². The first kappa shape index (κ1) is 13.7. The lowest BCUT2D eigenvalue weighted by molar-refractivity contribution is 1.27. The van der Waals surface area contributed by atoms with Crippen LogP contribution in [0, 0.1) is 0 Å². The Labute approximate surface area is 94.4 Å². The molecular formula is C15H22. The summed E-state index contributed by atoms with van der Waals surface area (Å²) in [6.45, 7) is 14.4. The van der Waals surface area contributed by atoms with E-state index in [9.17, 15) is 0 Å². The van der Waals surface area contributed by atoms with Crippen LogP contribution in [-0.2, 0) is 0 Å². The van der Waals surface area contributed by atoms with Crippen LogP contribution in [0.2, 0.25) is 0 Å².